The normalized spacial score (nSPS) is 20.0. The molecule has 0 amide bonds. The lowest BCUT2D eigenvalue weighted by molar-refractivity contribution is -0.131. The number of aliphatic hydroxyl groups excluding tert-OH is 1. The Labute approximate surface area is 122 Å². The van der Waals surface area contributed by atoms with E-state index in [9.17, 15) is 9.18 Å². The highest BCUT2D eigenvalue weighted by Crippen LogP contribution is 2.15. The average molecular weight is 295 g/mol. The number of benzene rings is 1. The monoisotopic (exact) mass is 295 g/mol. The minimum Gasteiger partial charge on any atom is -0.478 e. The van der Waals surface area contributed by atoms with E-state index in [4.69, 9.17) is 14.9 Å². The summed E-state index contributed by atoms with van der Waals surface area (Å²) in [7, 11) is 0. The number of halogens is 1. The number of hydrogen-bond donors (Lipinski definition) is 2. The van der Waals surface area contributed by atoms with Crippen LogP contribution in [0.2, 0.25) is 0 Å². The van der Waals surface area contributed by atoms with Gasteiger partial charge in [-0.3, -0.25) is 4.90 Å². The second-order valence-electron chi connectivity index (χ2n) is 4.97. The van der Waals surface area contributed by atoms with E-state index < -0.39 is 11.8 Å². The number of aliphatic hydroxyl groups is 1. The Kier molecular flexibility index (Phi) is 5.44. The Morgan fingerprint density at radius 2 is 2.29 bits per heavy atom. The van der Waals surface area contributed by atoms with Crippen LogP contribution < -0.4 is 0 Å². The number of rotatable bonds is 5. The fraction of sp³-hybridized carbons (Fsp3) is 0.400. The highest BCUT2D eigenvalue weighted by molar-refractivity contribution is 5.85. The number of aliphatic carboxylic acids is 1. The molecule has 0 bridgehead atoms. The second-order valence-corrected chi connectivity index (χ2v) is 4.97. The molecule has 21 heavy (non-hydrogen) atoms. The lowest BCUT2D eigenvalue weighted by atomic mass is 10.1. The van der Waals surface area contributed by atoms with Crippen LogP contribution in [0.15, 0.2) is 24.3 Å². The van der Waals surface area contributed by atoms with E-state index in [2.05, 4.69) is 4.90 Å². The molecule has 5 nitrogen and oxygen atoms in total. The van der Waals surface area contributed by atoms with Crippen LogP contribution in [0.25, 0.3) is 6.08 Å². The van der Waals surface area contributed by atoms with Crippen LogP contribution in [-0.4, -0.2) is 53.5 Å². The van der Waals surface area contributed by atoms with E-state index >= 15 is 0 Å². The number of nitrogens with zero attached hydrogens (tertiary/aromatic N) is 1. The zero-order valence-corrected chi connectivity index (χ0v) is 11.5. The number of hydrogen-bond acceptors (Lipinski definition) is 4. The molecule has 0 spiro atoms. The first-order chi connectivity index (χ1) is 10.1. The van der Waals surface area contributed by atoms with Gasteiger partial charge < -0.3 is 14.9 Å². The number of ether oxygens (including phenoxy) is 1. The molecule has 114 valence electrons. The summed E-state index contributed by atoms with van der Waals surface area (Å²) in [5.41, 5.74) is 1.28. The number of carboxylic acids is 1. The molecule has 1 unspecified atom stereocenters. The first-order valence-electron chi connectivity index (χ1n) is 6.72. The third kappa shape index (κ3) is 4.93. The van der Waals surface area contributed by atoms with Gasteiger partial charge in [0.05, 0.1) is 19.3 Å². The lowest BCUT2D eigenvalue weighted by Crippen LogP contribution is -2.43. The minimum absolute atomic E-state index is 0.0355. The average Bonchev–Trinajstić information content (AvgIpc) is 2.45. The van der Waals surface area contributed by atoms with Crippen molar-refractivity contribution < 1.29 is 24.1 Å². The summed E-state index contributed by atoms with van der Waals surface area (Å²) in [5.74, 6) is -1.47. The third-order valence-electron chi connectivity index (χ3n) is 3.23. The van der Waals surface area contributed by atoms with Gasteiger partial charge in [0, 0.05) is 25.7 Å². The summed E-state index contributed by atoms with van der Waals surface area (Å²) in [6.45, 7) is 2.34. The summed E-state index contributed by atoms with van der Waals surface area (Å²) >= 11 is 0. The van der Waals surface area contributed by atoms with Crippen molar-refractivity contribution in [3.8, 4) is 0 Å². The summed E-state index contributed by atoms with van der Waals surface area (Å²) in [6, 6.07) is 4.48. The van der Waals surface area contributed by atoms with Gasteiger partial charge in [0.1, 0.15) is 5.82 Å². The Hall–Kier alpha value is -1.76. The highest BCUT2D eigenvalue weighted by Gasteiger charge is 2.19. The molecule has 0 aromatic heterocycles. The van der Waals surface area contributed by atoms with E-state index in [0.717, 1.165) is 11.6 Å². The minimum atomic E-state index is -1.07. The van der Waals surface area contributed by atoms with Crippen molar-refractivity contribution in [2.75, 3.05) is 26.3 Å². The molecule has 1 aromatic rings. The molecule has 2 rings (SSSR count). The molecule has 1 aliphatic heterocycles. The molecule has 1 heterocycles. The molecule has 0 aliphatic carbocycles. The molecule has 1 atom stereocenters. The van der Waals surface area contributed by atoms with Crippen molar-refractivity contribution in [2.24, 2.45) is 0 Å². The molecule has 6 heteroatoms. The Morgan fingerprint density at radius 1 is 1.48 bits per heavy atom. The molecule has 1 aromatic carbocycles. The van der Waals surface area contributed by atoms with Gasteiger partial charge in [-0.05, 0) is 29.3 Å². The first-order valence-corrected chi connectivity index (χ1v) is 6.72. The van der Waals surface area contributed by atoms with Crippen LogP contribution in [0, 0.1) is 5.82 Å². The Morgan fingerprint density at radius 3 is 3.00 bits per heavy atom. The Balaban J connectivity index is 2.07. The van der Waals surface area contributed by atoms with E-state index in [1.165, 1.54) is 18.2 Å². The smallest absolute Gasteiger partial charge is 0.328 e. The van der Waals surface area contributed by atoms with Gasteiger partial charge in [0.15, 0.2) is 0 Å². The maximum Gasteiger partial charge on any atom is 0.328 e. The Bertz CT molecular complexity index is 532. The molecule has 0 saturated carbocycles. The topological polar surface area (TPSA) is 70.0 Å². The molecule has 1 aliphatic rings. The predicted octanol–water partition coefficient (Wildman–Crippen LogP) is 1.12. The quantitative estimate of drug-likeness (QED) is 0.797. The summed E-state index contributed by atoms with van der Waals surface area (Å²) in [4.78, 5) is 12.6. The number of carboxylic acid groups (broad SMARTS) is 1. The number of carbonyl (C=O) groups is 1. The molecule has 1 saturated heterocycles. The lowest BCUT2D eigenvalue weighted by Gasteiger charge is -2.32. The van der Waals surface area contributed by atoms with Gasteiger partial charge in [-0.15, -0.1) is 0 Å². The van der Waals surface area contributed by atoms with Crippen molar-refractivity contribution in [2.45, 2.75) is 12.6 Å². The van der Waals surface area contributed by atoms with Gasteiger partial charge >= 0.3 is 5.97 Å². The van der Waals surface area contributed by atoms with Crippen LogP contribution in [0.3, 0.4) is 0 Å². The number of morpholine rings is 1. The second kappa shape index (κ2) is 7.31. The largest absolute Gasteiger partial charge is 0.478 e. The predicted molar refractivity (Wildman–Crippen MR) is 75.2 cm³/mol. The zero-order valence-electron chi connectivity index (χ0n) is 11.5. The van der Waals surface area contributed by atoms with E-state index in [1.54, 1.807) is 6.07 Å². The summed E-state index contributed by atoms with van der Waals surface area (Å²) < 4.78 is 18.9. The molecule has 2 N–H and O–H groups in total. The maximum absolute atomic E-state index is 13.6. The van der Waals surface area contributed by atoms with Gasteiger partial charge in [-0.2, -0.15) is 0 Å². The zero-order chi connectivity index (χ0) is 15.2. The fourth-order valence-electron chi connectivity index (χ4n) is 2.32. The van der Waals surface area contributed by atoms with Crippen LogP contribution >= 0.6 is 0 Å². The SMILES string of the molecule is O=C(O)/C=C/c1cc(F)cc(CN2CCOC(CO)C2)c1. The van der Waals surface area contributed by atoms with Gasteiger partial charge in [-0.25, -0.2) is 9.18 Å². The third-order valence-corrected chi connectivity index (χ3v) is 3.23. The van der Waals surface area contributed by atoms with Crippen LogP contribution in [0.4, 0.5) is 4.39 Å². The fourth-order valence-corrected chi connectivity index (χ4v) is 2.32. The molecule has 0 radical (unpaired) electrons. The highest BCUT2D eigenvalue weighted by atomic mass is 19.1. The van der Waals surface area contributed by atoms with Gasteiger partial charge in [0.25, 0.3) is 0 Å². The molecular formula is C15H18FNO4. The van der Waals surface area contributed by atoms with Crippen molar-refractivity contribution >= 4 is 12.0 Å². The van der Waals surface area contributed by atoms with Crippen molar-refractivity contribution in [1.29, 1.82) is 0 Å². The van der Waals surface area contributed by atoms with Crippen molar-refractivity contribution in [3.63, 3.8) is 0 Å². The van der Waals surface area contributed by atoms with E-state index in [0.29, 0.717) is 31.8 Å². The van der Waals surface area contributed by atoms with Gasteiger partial charge in [0.2, 0.25) is 0 Å². The maximum atomic E-state index is 13.6. The first kappa shape index (κ1) is 15.6. The van der Waals surface area contributed by atoms with Crippen LogP contribution in [0.1, 0.15) is 11.1 Å². The van der Waals surface area contributed by atoms with Crippen LogP contribution in [0.5, 0.6) is 0 Å². The van der Waals surface area contributed by atoms with E-state index in [-0.39, 0.29) is 12.7 Å². The molecule has 1 fully saturated rings. The van der Waals surface area contributed by atoms with Crippen molar-refractivity contribution in [1.82, 2.24) is 4.90 Å². The van der Waals surface area contributed by atoms with Crippen molar-refractivity contribution in [3.05, 3.63) is 41.2 Å². The van der Waals surface area contributed by atoms with E-state index in [1.807, 2.05) is 0 Å². The van der Waals surface area contributed by atoms with Crippen LogP contribution in [-0.2, 0) is 16.1 Å². The standard InChI is InChI=1S/C15H18FNO4/c16-13-6-11(1-2-15(19)20)5-12(7-13)8-17-3-4-21-14(9-17)10-18/h1-2,5-7,14,18H,3-4,8-10H2,(H,19,20)/b2-1+. The summed E-state index contributed by atoms with van der Waals surface area (Å²) in [5, 5.41) is 17.7. The summed E-state index contributed by atoms with van der Waals surface area (Å²) in [6.07, 6.45) is 2.14. The molecular weight excluding hydrogens is 277 g/mol. The van der Waals surface area contributed by atoms with Gasteiger partial charge in [-0.1, -0.05) is 6.07 Å².